The molecular weight excluding hydrogens is 262 g/mol. The molecule has 0 heterocycles. The summed E-state index contributed by atoms with van der Waals surface area (Å²) in [4.78, 5) is 0. The highest BCUT2D eigenvalue weighted by Crippen LogP contribution is 2.17. The van der Waals surface area contributed by atoms with Crippen LogP contribution in [0.4, 0.5) is 0 Å². The van der Waals surface area contributed by atoms with Crippen molar-refractivity contribution in [3.8, 4) is 5.75 Å². The zero-order chi connectivity index (χ0) is 15.1. The maximum Gasteiger partial charge on any atom is 0.119 e. The molecule has 0 aliphatic rings. The minimum Gasteiger partial charge on any atom is -0.494 e. The average Bonchev–Trinajstić information content (AvgIpc) is 2.54. The highest BCUT2D eigenvalue weighted by atomic mass is 16.5. The van der Waals surface area contributed by atoms with Crippen LogP contribution in [0.3, 0.4) is 0 Å². The number of nitrogens with one attached hydrogen (secondary N) is 1. The van der Waals surface area contributed by atoms with Gasteiger partial charge in [-0.2, -0.15) is 0 Å². The van der Waals surface area contributed by atoms with Crippen LogP contribution in [0.2, 0.25) is 0 Å². The number of hydrogen-bond donors (Lipinski definition) is 2. The normalized spacial score (nSPS) is 13.7. The molecule has 0 aliphatic heterocycles. The van der Waals surface area contributed by atoms with E-state index < -0.39 is 6.10 Å². The maximum atomic E-state index is 10.3. The van der Waals surface area contributed by atoms with E-state index in [-0.39, 0.29) is 6.04 Å². The molecule has 0 aromatic heterocycles. The molecule has 0 amide bonds. The van der Waals surface area contributed by atoms with Gasteiger partial charge in [-0.05, 0) is 37.1 Å². The average molecular weight is 285 g/mol. The summed E-state index contributed by atoms with van der Waals surface area (Å²) in [5, 5.41) is 13.7. The van der Waals surface area contributed by atoms with Crippen LogP contribution in [0.1, 0.15) is 31.1 Å². The van der Waals surface area contributed by atoms with Crippen molar-refractivity contribution in [1.29, 1.82) is 0 Å². The van der Waals surface area contributed by atoms with Crippen molar-refractivity contribution < 1.29 is 9.84 Å². The maximum absolute atomic E-state index is 10.3. The highest BCUT2D eigenvalue weighted by molar-refractivity contribution is 5.27. The van der Waals surface area contributed by atoms with E-state index in [4.69, 9.17) is 4.74 Å². The number of aliphatic hydroxyl groups is 1. The minimum atomic E-state index is -0.506. The molecule has 3 nitrogen and oxygen atoms in total. The van der Waals surface area contributed by atoms with Gasteiger partial charge in [0.1, 0.15) is 5.75 Å². The second-order valence-electron chi connectivity index (χ2n) is 5.10. The van der Waals surface area contributed by atoms with E-state index in [1.54, 1.807) is 0 Å². The molecule has 0 fully saturated rings. The van der Waals surface area contributed by atoms with Gasteiger partial charge in [-0.1, -0.05) is 42.5 Å². The lowest BCUT2D eigenvalue weighted by atomic mass is 10.0. The van der Waals surface area contributed by atoms with Gasteiger partial charge in [-0.3, -0.25) is 0 Å². The standard InChI is InChI=1S/C18H23NO2/c1-3-21-17-11-9-15(10-12-17)13-19-14(2)18(20)16-7-5-4-6-8-16/h4-12,14,18-20H,3,13H2,1-2H3/t14?,18-/m1/s1. The van der Waals surface area contributed by atoms with Crippen molar-refractivity contribution in [3.63, 3.8) is 0 Å². The van der Waals surface area contributed by atoms with Crippen molar-refractivity contribution in [3.05, 3.63) is 65.7 Å². The molecule has 2 rings (SSSR count). The number of rotatable bonds is 7. The Morgan fingerprint density at radius 3 is 2.33 bits per heavy atom. The fraction of sp³-hybridized carbons (Fsp3) is 0.333. The Kier molecular flexibility index (Phi) is 5.78. The predicted molar refractivity (Wildman–Crippen MR) is 85.3 cm³/mol. The van der Waals surface area contributed by atoms with E-state index in [9.17, 15) is 5.11 Å². The minimum absolute atomic E-state index is 0.0148. The second kappa shape index (κ2) is 7.81. The summed E-state index contributed by atoms with van der Waals surface area (Å²) in [6, 6.07) is 17.7. The molecule has 3 heteroatoms. The van der Waals surface area contributed by atoms with Gasteiger partial charge in [0, 0.05) is 12.6 Å². The lowest BCUT2D eigenvalue weighted by Gasteiger charge is -2.20. The third kappa shape index (κ3) is 4.59. The molecule has 2 atom stereocenters. The van der Waals surface area contributed by atoms with E-state index >= 15 is 0 Å². The van der Waals surface area contributed by atoms with E-state index in [2.05, 4.69) is 5.32 Å². The van der Waals surface area contributed by atoms with Crippen molar-refractivity contribution in [2.75, 3.05) is 6.61 Å². The quantitative estimate of drug-likeness (QED) is 0.820. The van der Waals surface area contributed by atoms with Crippen molar-refractivity contribution >= 4 is 0 Å². The molecule has 0 saturated heterocycles. The Morgan fingerprint density at radius 2 is 1.71 bits per heavy atom. The Bertz CT molecular complexity index is 525. The molecule has 2 aromatic carbocycles. The van der Waals surface area contributed by atoms with Crippen LogP contribution in [-0.4, -0.2) is 17.8 Å². The molecule has 0 saturated carbocycles. The molecule has 2 aromatic rings. The van der Waals surface area contributed by atoms with Crippen LogP contribution in [0.15, 0.2) is 54.6 Å². The third-order valence-electron chi connectivity index (χ3n) is 3.48. The third-order valence-corrected chi connectivity index (χ3v) is 3.48. The molecule has 0 bridgehead atoms. The largest absolute Gasteiger partial charge is 0.494 e. The van der Waals surface area contributed by atoms with E-state index in [1.165, 1.54) is 5.56 Å². The van der Waals surface area contributed by atoms with Gasteiger partial charge in [0.15, 0.2) is 0 Å². The van der Waals surface area contributed by atoms with E-state index in [1.807, 2.05) is 68.4 Å². The summed E-state index contributed by atoms with van der Waals surface area (Å²) in [6.45, 7) is 5.36. The zero-order valence-electron chi connectivity index (χ0n) is 12.6. The van der Waals surface area contributed by atoms with Crippen molar-refractivity contribution in [1.82, 2.24) is 5.32 Å². The van der Waals surface area contributed by atoms with Crippen LogP contribution in [0, 0.1) is 0 Å². The van der Waals surface area contributed by atoms with Crippen LogP contribution >= 0.6 is 0 Å². The summed E-state index contributed by atoms with van der Waals surface area (Å²) in [7, 11) is 0. The van der Waals surface area contributed by atoms with Gasteiger partial charge >= 0.3 is 0 Å². The summed E-state index contributed by atoms with van der Waals surface area (Å²) in [5.41, 5.74) is 2.11. The number of ether oxygens (including phenoxy) is 1. The summed E-state index contributed by atoms with van der Waals surface area (Å²) in [5.74, 6) is 0.888. The fourth-order valence-corrected chi connectivity index (χ4v) is 2.20. The molecular formula is C18H23NO2. The first-order valence-corrected chi connectivity index (χ1v) is 7.39. The van der Waals surface area contributed by atoms with Crippen molar-refractivity contribution in [2.24, 2.45) is 0 Å². The van der Waals surface area contributed by atoms with Gasteiger partial charge in [-0.25, -0.2) is 0 Å². The van der Waals surface area contributed by atoms with Crippen LogP contribution in [0.25, 0.3) is 0 Å². The van der Waals surface area contributed by atoms with Crippen LogP contribution in [0.5, 0.6) is 5.75 Å². The monoisotopic (exact) mass is 285 g/mol. The first kappa shape index (κ1) is 15.5. The Labute approximate surface area is 126 Å². The van der Waals surface area contributed by atoms with E-state index in [0.29, 0.717) is 6.61 Å². The first-order valence-electron chi connectivity index (χ1n) is 7.39. The predicted octanol–water partition coefficient (Wildman–Crippen LogP) is 3.30. The molecule has 21 heavy (non-hydrogen) atoms. The Hall–Kier alpha value is -1.84. The summed E-state index contributed by atoms with van der Waals surface area (Å²) >= 11 is 0. The number of benzene rings is 2. The van der Waals surface area contributed by atoms with Gasteiger partial charge in [-0.15, -0.1) is 0 Å². The molecule has 112 valence electrons. The topological polar surface area (TPSA) is 41.5 Å². The molecule has 0 aliphatic carbocycles. The number of hydrogen-bond acceptors (Lipinski definition) is 3. The zero-order valence-corrected chi connectivity index (χ0v) is 12.6. The highest BCUT2D eigenvalue weighted by Gasteiger charge is 2.15. The SMILES string of the molecule is CCOc1ccc(CNC(C)[C@@H](O)c2ccccc2)cc1. The molecule has 1 unspecified atom stereocenters. The number of aliphatic hydroxyl groups excluding tert-OH is 1. The first-order chi connectivity index (χ1) is 10.2. The summed E-state index contributed by atoms with van der Waals surface area (Å²) < 4.78 is 5.42. The Morgan fingerprint density at radius 1 is 1.05 bits per heavy atom. The van der Waals surface area contributed by atoms with Crippen LogP contribution in [-0.2, 0) is 6.54 Å². The summed E-state index contributed by atoms with van der Waals surface area (Å²) in [6.07, 6.45) is -0.506. The molecule has 0 radical (unpaired) electrons. The van der Waals surface area contributed by atoms with Crippen molar-refractivity contribution in [2.45, 2.75) is 32.5 Å². The van der Waals surface area contributed by atoms with Gasteiger partial charge < -0.3 is 15.2 Å². The van der Waals surface area contributed by atoms with E-state index in [0.717, 1.165) is 17.9 Å². The fourth-order valence-electron chi connectivity index (χ4n) is 2.20. The van der Waals surface area contributed by atoms with Crippen LogP contribution < -0.4 is 10.1 Å². The lowest BCUT2D eigenvalue weighted by Crippen LogP contribution is -2.31. The van der Waals surface area contributed by atoms with Gasteiger partial charge in [0.05, 0.1) is 12.7 Å². The van der Waals surface area contributed by atoms with Gasteiger partial charge in [0.25, 0.3) is 0 Å². The second-order valence-corrected chi connectivity index (χ2v) is 5.10. The smallest absolute Gasteiger partial charge is 0.119 e. The molecule has 0 spiro atoms. The molecule has 2 N–H and O–H groups in total. The Balaban J connectivity index is 1.87. The van der Waals surface area contributed by atoms with Gasteiger partial charge in [0.2, 0.25) is 0 Å². The lowest BCUT2D eigenvalue weighted by molar-refractivity contribution is 0.135.